The zero-order valence-corrected chi connectivity index (χ0v) is 20.3. The Balaban J connectivity index is 0.00000363. The van der Waals surface area contributed by atoms with Gasteiger partial charge in [-0.25, -0.2) is 14.3 Å². The number of H-pyrrole nitrogens is 1. The standard InChI is InChI=1S/C17H20N4O9P.Na/c1-7-3-9-10(4-8(7)2)21(15-13(18-9)16(25)20-17(26)19-15)5-11(22)14(24)12(23)6-30-31(27,28)29;/h3-4,11-12,14,23-24H,5-6H2,1-2H3,(H,20,25,26)(H2,27,28,29);/q-1;+1. The number of aryl methyl sites for hydroxylation is 2. The number of hydrogen-bond acceptors (Lipinski definition) is 9. The van der Waals surface area contributed by atoms with Crippen LogP contribution in [0.4, 0.5) is 0 Å². The molecule has 0 amide bonds. The summed E-state index contributed by atoms with van der Waals surface area (Å²) in [4.78, 5) is 51.4. The van der Waals surface area contributed by atoms with Crippen molar-refractivity contribution in [1.82, 2.24) is 19.5 Å². The second-order valence-corrected chi connectivity index (χ2v) is 8.31. The molecular formula is C17H20N4NaO9P. The smallest absolute Gasteiger partial charge is 0.849 e. The van der Waals surface area contributed by atoms with E-state index in [-0.39, 0.29) is 41.1 Å². The van der Waals surface area contributed by atoms with E-state index in [0.717, 1.165) is 11.1 Å². The van der Waals surface area contributed by atoms with Crippen molar-refractivity contribution in [3.8, 4) is 11.5 Å². The Morgan fingerprint density at radius 1 is 1.19 bits per heavy atom. The molecule has 2 aliphatic heterocycles. The van der Waals surface area contributed by atoms with Crippen molar-refractivity contribution in [1.29, 1.82) is 0 Å². The second kappa shape index (κ2) is 10.2. The van der Waals surface area contributed by atoms with Crippen LogP contribution in [0.25, 0.3) is 22.6 Å². The topological polar surface area (TPSA) is 211 Å². The first-order chi connectivity index (χ1) is 14.4. The van der Waals surface area contributed by atoms with Crippen LogP contribution >= 0.6 is 7.82 Å². The van der Waals surface area contributed by atoms with Gasteiger partial charge in [0.05, 0.1) is 23.7 Å². The first-order valence-corrected chi connectivity index (χ1v) is 10.5. The molecule has 5 N–H and O–H groups in total. The molecule has 32 heavy (non-hydrogen) atoms. The maximum atomic E-state index is 12.7. The third kappa shape index (κ3) is 5.88. The molecule has 3 unspecified atom stereocenters. The normalized spacial score (nSPS) is 14.8. The van der Waals surface area contributed by atoms with E-state index < -0.39 is 50.5 Å². The Labute approximate surface area is 202 Å². The number of aromatic amines is 1. The van der Waals surface area contributed by atoms with Crippen LogP contribution in [0.15, 0.2) is 21.7 Å². The van der Waals surface area contributed by atoms with Gasteiger partial charge < -0.3 is 29.7 Å². The van der Waals surface area contributed by atoms with Gasteiger partial charge in [-0.1, -0.05) is 6.10 Å². The van der Waals surface area contributed by atoms with Crippen LogP contribution in [-0.4, -0.2) is 64.4 Å². The first kappa shape index (κ1) is 26.7. The Bertz CT molecular complexity index is 1260. The SMILES string of the molecule is Cc1cc2nc3c(=O)[nH]c(=O)nc-3n(CC([O-])C(O)C(O)COP(=O)(O)O)c2cc1C.[Na+]. The predicted octanol–water partition coefficient (Wildman–Crippen LogP) is -5.23. The van der Waals surface area contributed by atoms with Gasteiger partial charge in [0.15, 0.2) is 11.5 Å². The van der Waals surface area contributed by atoms with Gasteiger partial charge in [-0.2, -0.15) is 4.98 Å². The minimum atomic E-state index is -4.91. The molecule has 0 saturated heterocycles. The molecule has 13 nitrogen and oxygen atoms in total. The Morgan fingerprint density at radius 3 is 2.44 bits per heavy atom. The molecule has 0 spiro atoms. The zero-order valence-electron chi connectivity index (χ0n) is 17.4. The number of phosphoric acid groups is 1. The predicted molar refractivity (Wildman–Crippen MR) is 104 cm³/mol. The summed E-state index contributed by atoms with van der Waals surface area (Å²) in [6.07, 6.45) is -5.82. The van der Waals surface area contributed by atoms with Crippen molar-refractivity contribution in [3.05, 3.63) is 44.1 Å². The van der Waals surface area contributed by atoms with Crippen molar-refractivity contribution < 1.29 is 63.8 Å². The van der Waals surface area contributed by atoms with Crippen LogP contribution in [-0.2, 0) is 15.6 Å². The average Bonchev–Trinajstić information content (AvgIpc) is 2.67. The van der Waals surface area contributed by atoms with Gasteiger partial charge in [0.1, 0.15) is 6.10 Å². The number of hydrogen-bond donors (Lipinski definition) is 5. The van der Waals surface area contributed by atoms with Crippen molar-refractivity contribution in [2.75, 3.05) is 6.61 Å². The largest absolute Gasteiger partial charge is 1.00 e. The molecule has 15 heteroatoms. The van der Waals surface area contributed by atoms with E-state index in [1.807, 2.05) is 11.9 Å². The third-order valence-electron chi connectivity index (χ3n) is 4.78. The molecule has 2 heterocycles. The van der Waals surface area contributed by atoms with E-state index in [1.54, 1.807) is 19.1 Å². The average molecular weight is 478 g/mol. The van der Waals surface area contributed by atoms with E-state index in [4.69, 9.17) is 9.79 Å². The molecule has 1 aromatic rings. The van der Waals surface area contributed by atoms with Gasteiger partial charge in [0.2, 0.25) is 0 Å². The fraction of sp³-hybridized carbons (Fsp3) is 0.412. The summed E-state index contributed by atoms with van der Waals surface area (Å²) in [7, 11) is -4.91. The second-order valence-electron chi connectivity index (χ2n) is 7.07. The maximum absolute atomic E-state index is 12.7. The number of rotatable bonds is 7. The molecule has 0 fully saturated rings. The summed E-state index contributed by atoms with van der Waals surface area (Å²) in [5.41, 5.74) is 0.446. The number of benzene rings is 1. The van der Waals surface area contributed by atoms with Crippen molar-refractivity contribution in [3.63, 3.8) is 0 Å². The summed E-state index contributed by atoms with van der Waals surface area (Å²) >= 11 is 0. The number of phosphoric ester groups is 1. The molecule has 3 atom stereocenters. The van der Waals surface area contributed by atoms with Crippen LogP contribution in [0.3, 0.4) is 0 Å². The molecule has 0 aromatic heterocycles. The summed E-state index contributed by atoms with van der Waals surface area (Å²) in [6, 6.07) is 3.36. The van der Waals surface area contributed by atoms with Crippen molar-refractivity contribution in [2.24, 2.45) is 0 Å². The fourth-order valence-electron chi connectivity index (χ4n) is 3.04. The Hall–Kier alpha value is -1.51. The molecule has 3 rings (SSSR count). The summed E-state index contributed by atoms with van der Waals surface area (Å²) in [5.74, 6) is -0.182. The van der Waals surface area contributed by atoms with Gasteiger partial charge >= 0.3 is 43.1 Å². The molecule has 0 saturated carbocycles. The van der Waals surface area contributed by atoms with Gasteiger partial charge in [-0.05, 0) is 37.1 Å². The molecule has 0 bridgehead atoms. The van der Waals surface area contributed by atoms with E-state index in [9.17, 15) is 29.5 Å². The Kier molecular flexibility index (Phi) is 8.51. The molecular weight excluding hydrogens is 458 g/mol. The minimum absolute atomic E-state index is 0. The molecule has 0 radical (unpaired) electrons. The van der Waals surface area contributed by atoms with Crippen LogP contribution < -0.4 is 45.9 Å². The van der Waals surface area contributed by atoms with Crippen LogP contribution in [0.2, 0.25) is 0 Å². The van der Waals surface area contributed by atoms with E-state index in [0.29, 0.717) is 11.0 Å². The van der Waals surface area contributed by atoms with E-state index in [2.05, 4.69) is 14.5 Å². The molecule has 168 valence electrons. The van der Waals surface area contributed by atoms with E-state index >= 15 is 0 Å². The number of nitrogens with one attached hydrogen (secondary N) is 1. The number of aromatic nitrogens is 4. The number of aliphatic hydroxyl groups excluding tert-OH is 2. The van der Waals surface area contributed by atoms with Crippen LogP contribution in [0, 0.1) is 13.8 Å². The number of aliphatic hydroxyl groups is 2. The summed E-state index contributed by atoms with van der Waals surface area (Å²) < 4.78 is 16.1. The molecule has 1 aromatic carbocycles. The quantitative estimate of drug-likeness (QED) is 0.123. The summed E-state index contributed by atoms with van der Waals surface area (Å²) in [5, 5.41) is 32.7. The van der Waals surface area contributed by atoms with Gasteiger partial charge in [0.25, 0.3) is 5.56 Å². The van der Waals surface area contributed by atoms with Crippen LogP contribution in [0.1, 0.15) is 11.1 Å². The number of nitrogens with zero attached hydrogens (tertiary/aromatic N) is 3. The number of fused-ring (bicyclic) bond motifs is 2. The third-order valence-corrected chi connectivity index (χ3v) is 5.26. The van der Waals surface area contributed by atoms with Crippen molar-refractivity contribution in [2.45, 2.75) is 38.7 Å². The summed E-state index contributed by atoms with van der Waals surface area (Å²) in [6.45, 7) is 2.11. The zero-order chi connectivity index (χ0) is 23.1. The van der Waals surface area contributed by atoms with Gasteiger partial charge in [-0.15, -0.1) is 0 Å². The van der Waals surface area contributed by atoms with Gasteiger partial charge in [0, 0.05) is 6.54 Å². The monoisotopic (exact) mass is 478 g/mol. The molecule has 2 aliphatic rings. The first-order valence-electron chi connectivity index (χ1n) is 9.01. The van der Waals surface area contributed by atoms with Gasteiger partial charge in [-0.3, -0.25) is 14.3 Å². The van der Waals surface area contributed by atoms with Crippen LogP contribution in [0.5, 0.6) is 0 Å². The minimum Gasteiger partial charge on any atom is -0.849 e. The van der Waals surface area contributed by atoms with Crippen molar-refractivity contribution >= 4 is 18.9 Å². The van der Waals surface area contributed by atoms with E-state index in [1.165, 1.54) is 4.57 Å². The maximum Gasteiger partial charge on any atom is 1.00 e. The Morgan fingerprint density at radius 2 is 1.81 bits per heavy atom. The molecule has 0 aliphatic carbocycles. The fourth-order valence-corrected chi connectivity index (χ4v) is 3.39.